The molecular formula is C23H18ClN3O3S. The van der Waals surface area contributed by atoms with Crippen LogP contribution in [0.15, 0.2) is 47.8 Å². The minimum Gasteiger partial charge on any atom is -0.451 e. The molecule has 8 heteroatoms. The molecule has 1 N–H and O–H groups in total. The number of rotatable bonds is 4. The molecule has 0 bridgehead atoms. The van der Waals surface area contributed by atoms with E-state index in [0.29, 0.717) is 11.6 Å². The molecule has 2 aromatic heterocycles. The number of halogens is 1. The van der Waals surface area contributed by atoms with E-state index in [2.05, 4.69) is 16.0 Å². The van der Waals surface area contributed by atoms with E-state index in [4.69, 9.17) is 16.3 Å². The van der Waals surface area contributed by atoms with Crippen LogP contribution < -0.4 is 4.90 Å². The highest BCUT2D eigenvalue weighted by molar-refractivity contribution is 7.09. The minimum atomic E-state index is -0.650. The molecule has 5 rings (SSSR count). The average Bonchev–Trinajstić information content (AvgIpc) is 3.48. The van der Waals surface area contributed by atoms with Crippen LogP contribution in [-0.2, 0) is 16.0 Å². The maximum atomic E-state index is 12.8. The average molecular weight is 452 g/mol. The Balaban J connectivity index is 1.28. The molecule has 2 aromatic carbocycles. The number of aromatic amines is 1. The van der Waals surface area contributed by atoms with Gasteiger partial charge in [0.2, 0.25) is 0 Å². The van der Waals surface area contributed by atoms with E-state index in [1.165, 1.54) is 0 Å². The van der Waals surface area contributed by atoms with Crippen LogP contribution in [0.5, 0.6) is 0 Å². The lowest BCUT2D eigenvalue weighted by Gasteiger charge is -2.17. The van der Waals surface area contributed by atoms with Crippen LogP contribution in [0.25, 0.3) is 22.2 Å². The van der Waals surface area contributed by atoms with Crippen LogP contribution in [-0.4, -0.2) is 35.0 Å². The lowest BCUT2D eigenvalue weighted by atomic mass is 10.1. The quantitative estimate of drug-likeness (QED) is 0.443. The van der Waals surface area contributed by atoms with Crippen LogP contribution >= 0.6 is 22.9 Å². The largest absolute Gasteiger partial charge is 0.451 e. The van der Waals surface area contributed by atoms with Crippen LogP contribution in [0.4, 0.5) is 5.69 Å². The highest BCUT2D eigenvalue weighted by atomic mass is 35.5. The number of para-hydroxylation sites is 1. The number of anilines is 1. The summed E-state index contributed by atoms with van der Waals surface area (Å²) in [7, 11) is 0. The number of carbonyl (C=O) groups is 2. The van der Waals surface area contributed by atoms with E-state index in [1.54, 1.807) is 16.2 Å². The van der Waals surface area contributed by atoms with Gasteiger partial charge >= 0.3 is 5.97 Å². The van der Waals surface area contributed by atoms with Crippen molar-refractivity contribution in [2.75, 3.05) is 18.1 Å². The molecule has 1 amide bonds. The number of carbonyl (C=O) groups excluding carboxylic acids is 2. The SMILES string of the molecule is Cc1nc(-c2ccc3c(c2)CCN3C(=O)COC(=O)c2[nH]c3ccccc3c2Cl)cs1. The van der Waals surface area contributed by atoms with Gasteiger partial charge in [-0.2, -0.15) is 0 Å². The van der Waals surface area contributed by atoms with Crippen molar-refractivity contribution < 1.29 is 14.3 Å². The van der Waals surface area contributed by atoms with Crippen molar-refractivity contribution in [2.24, 2.45) is 0 Å². The molecule has 0 unspecified atom stereocenters. The van der Waals surface area contributed by atoms with Crippen molar-refractivity contribution in [1.82, 2.24) is 9.97 Å². The van der Waals surface area contributed by atoms with Gasteiger partial charge in [0.25, 0.3) is 5.91 Å². The summed E-state index contributed by atoms with van der Waals surface area (Å²) in [6, 6.07) is 13.3. The summed E-state index contributed by atoms with van der Waals surface area (Å²) in [5.74, 6) is -0.917. The second-order valence-corrected chi connectivity index (χ2v) is 8.77. The molecule has 6 nitrogen and oxygen atoms in total. The minimum absolute atomic E-state index is 0.153. The number of aryl methyl sites for hydroxylation is 1. The predicted octanol–water partition coefficient (Wildman–Crippen LogP) is 5.00. The number of benzene rings is 2. The van der Waals surface area contributed by atoms with Gasteiger partial charge in [-0.1, -0.05) is 35.9 Å². The Morgan fingerprint density at radius 3 is 2.87 bits per heavy atom. The molecular weight excluding hydrogens is 434 g/mol. The second-order valence-electron chi connectivity index (χ2n) is 7.33. The Morgan fingerprint density at radius 2 is 2.10 bits per heavy atom. The van der Waals surface area contributed by atoms with E-state index in [9.17, 15) is 9.59 Å². The summed E-state index contributed by atoms with van der Waals surface area (Å²) in [4.78, 5) is 34.4. The molecule has 31 heavy (non-hydrogen) atoms. The summed E-state index contributed by atoms with van der Waals surface area (Å²) in [6.07, 6.45) is 0.750. The lowest BCUT2D eigenvalue weighted by Crippen LogP contribution is -2.33. The zero-order chi connectivity index (χ0) is 21.5. The molecule has 0 saturated heterocycles. The van der Waals surface area contributed by atoms with Gasteiger partial charge in [0.15, 0.2) is 6.61 Å². The smallest absolute Gasteiger partial charge is 0.356 e. The number of H-pyrrole nitrogens is 1. The molecule has 0 fully saturated rings. The first-order chi connectivity index (χ1) is 15.0. The second kappa shape index (κ2) is 7.83. The monoisotopic (exact) mass is 451 g/mol. The number of thiazole rings is 1. The summed E-state index contributed by atoms with van der Waals surface area (Å²) in [5.41, 5.74) is 4.81. The van der Waals surface area contributed by atoms with Gasteiger partial charge in [-0.05, 0) is 37.1 Å². The van der Waals surface area contributed by atoms with Crippen LogP contribution in [0.3, 0.4) is 0 Å². The molecule has 1 aliphatic heterocycles. The lowest BCUT2D eigenvalue weighted by molar-refractivity contribution is -0.121. The van der Waals surface area contributed by atoms with Gasteiger partial charge in [-0.3, -0.25) is 4.79 Å². The topological polar surface area (TPSA) is 75.3 Å². The van der Waals surface area contributed by atoms with Crippen LogP contribution in [0, 0.1) is 6.92 Å². The molecule has 0 saturated carbocycles. The maximum absolute atomic E-state index is 12.8. The number of amides is 1. The third-order valence-electron chi connectivity index (χ3n) is 5.36. The maximum Gasteiger partial charge on any atom is 0.356 e. The highest BCUT2D eigenvalue weighted by Gasteiger charge is 2.27. The zero-order valence-electron chi connectivity index (χ0n) is 16.6. The molecule has 0 atom stereocenters. The molecule has 3 heterocycles. The number of nitrogens with one attached hydrogen (secondary N) is 1. The molecule has 0 spiro atoms. The van der Waals surface area contributed by atoms with E-state index in [-0.39, 0.29) is 18.2 Å². The van der Waals surface area contributed by atoms with Crippen molar-refractivity contribution in [3.05, 3.63) is 69.1 Å². The first kappa shape index (κ1) is 19.8. The first-order valence-electron chi connectivity index (χ1n) is 9.80. The Kier molecular flexibility index (Phi) is 5.00. The molecule has 156 valence electrons. The van der Waals surface area contributed by atoms with Crippen molar-refractivity contribution in [3.8, 4) is 11.3 Å². The molecule has 0 radical (unpaired) electrons. The van der Waals surface area contributed by atoms with Crippen molar-refractivity contribution >= 4 is 51.4 Å². The standard InChI is InChI=1S/C23H18ClN3O3S/c1-13-25-18(12-31-13)14-6-7-19-15(10-14)8-9-27(19)20(28)11-30-23(29)22-21(24)16-4-2-3-5-17(16)26-22/h2-7,10,12,26H,8-9,11H2,1H3. The third kappa shape index (κ3) is 3.60. The summed E-state index contributed by atoms with van der Waals surface area (Å²) in [5, 5.41) is 4.08. The van der Waals surface area contributed by atoms with Gasteiger partial charge in [0.1, 0.15) is 5.69 Å². The van der Waals surface area contributed by atoms with Crippen molar-refractivity contribution in [2.45, 2.75) is 13.3 Å². The normalized spacial score (nSPS) is 12.9. The first-order valence-corrected chi connectivity index (χ1v) is 11.1. The number of hydrogen-bond acceptors (Lipinski definition) is 5. The van der Waals surface area contributed by atoms with Gasteiger partial charge in [-0.25, -0.2) is 9.78 Å². The highest BCUT2D eigenvalue weighted by Crippen LogP contribution is 2.33. The Bertz CT molecular complexity index is 1330. The van der Waals surface area contributed by atoms with E-state index in [1.807, 2.05) is 48.7 Å². The fraction of sp³-hybridized carbons (Fsp3) is 0.174. The zero-order valence-corrected chi connectivity index (χ0v) is 18.2. The van der Waals surface area contributed by atoms with Crippen LogP contribution in [0.1, 0.15) is 21.1 Å². The molecule has 1 aliphatic rings. The number of hydrogen-bond donors (Lipinski definition) is 1. The van der Waals surface area contributed by atoms with E-state index in [0.717, 1.165) is 44.8 Å². The Hall–Kier alpha value is -3.16. The van der Waals surface area contributed by atoms with Crippen molar-refractivity contribution in [1.29, 1.82) is 0 Å². The number of ether oxygens (including phenoxy) is 1. The van der Waals surface area contributed by atoms with Gasteiger partial charge in [-0.15, -0.1) is 11.3 Å². The predicted molar refractivity (Wildman–Crippen MR) is 122 cm³/mol. The summed E-state index contributed by atoms with van der Waals surface area (Å²) >= 11 is 7.91. The van der Waals surface area contributed by atoms with Crippen molar-refractivity contribution in [3.63, 3.8) is 0 Å². The summed E-state index contributed by atoms with van der Waals surface area (Å²) < 4.78 is 5.27. The van der Waals surface area contributed by atoms with Gasteiger partial charge in [0.05, 0.1) is 15.7 Å². The number of esters is 1. The molecule has 0 aliphatic carbocycles. The Labute approximate surface area is 187 Å². The fourth-order valence-electron chi connectivity index (χ4n) is 3.84. The Morgan fingerprint density at radius 1 is 1.26 bits per heavy atom. The number of nitrogens with zero attached hydrogens (tertiary/aromatic N) is 2. The fourth-order valence-corrected chi connectivity index (χ4v) is 4.75. The third-order valence-corrected chi connectivity index (χ3v) is 6.53. The molecule has 4 aromatic rings. The van der Waals surface area contributed by atoms with E-state index < -0.39 is 5.97 Å². The number of aromatic nitrogens is 2. The van der Waals surface area contributed by atoms with Gasteiger partial charge in [0, 0.05) is 34.1 Å². The van der Waals surface area contributed by atoms with Crippen LogP contribution in [0.2, 0.25) is 5.02 Å². The van der Waals surface area contributed by atoms with Gasteiger partial charge < -0.3 is 14.6 Å². The number of fused-ring (bicyclic) bond motifs is 2. The van der Waals surface area contributed by atoms with E-state index >= 15 is 0 Å². The summed E-state index contributed by atoms with van der Waals surface area (Å²) in [6.45, 7) is 2.18.